The van der Waals surface area contributed by atoms with Crippen molar-refractivity contribution >= 4 is 5.97 Å². The van der Waals surface area contributed by atoms with Gasteiger partial charge in [0.2, 0.25) is 0 Å². The van der Waals surface area contributed by atoms with E-state index in [1.54, 1.807) is 44.6 Å². The van der Waals surface area contributed by atoms with Crippen LogP contribution in [0.5, 0.6) is 17.2 Å². The van der Waals surface area contributed by atoms with E-state index >= 15 is 0 Å². The van der Waals surface area contributed by atoms with Crippen molar-refractivity contribution in [2.24, 2.45) is 0 Å². The second kappa shape index (κ2) is 6.31. The van der Waals surface area contributed by atoms with Crippen molar-refractivity contribution < 1.29 is 19.0 Å². The molecule has 0 saturated heterocycles. The van der Waals surface area contributed by atoms with E-state index in [2.05, 4.69) is 0 Å². The van der Waals surface area contributed by atoms with Crippen molar-refractivity contribution in [2.45, 2.75) is 13.8 Å². The second-order valence-corrected chi connectivity index (χ2v) is 4.81. The highest BCUT2D eigenvalue weighted by molar-refractivity contribution is 5.91. The predicted molar refractivity (Wildman–Crippen MR) is 80.4 cm³/mol. The maximum Gasteiger partial charge on any atom is 0.343 e. The Kier molecular flexibility index (Phi) is 4.48. The fourth-order valence-electron chi connectivity index (χ4n) is 2.10. The third kappa shape index (κ3) is 3.75. The summed E-state index contributed by atoms with van der Waals surface area (Å²) >= 11 is 0. The Labute approximate surface area is 124 Å². The van der Waals surface area contributed by atoms with Crippen LogP contribution < -0.4 is 14.2 Å². The first-order chi connectivity index (χ1) is 10.0. The van der Waals surface area contributed by atoms with Crippen LogP contribution in [0.4, 0.5) is 0 Å². The molecule has 4 heteroatoms. The lowest BCUT2D eigenvalue weighted by atomic mass is 10.1. The highest BCUT2D eigenvalue weighted by atomic mass is 16.5. The van der Waals surface area contributed by atoms with E-state index in [0.29, 0.717) is 22.8 Å². The summed E-state index contributed by atoms with van der Waals surface area (Å²) in [6, 6.07) is 10.6. The van der Waals surface area contributed by atoms with Crippen LogP contribution in [0.3, 0.4) is 0 Å². The molecule has 0 unspecified atom stereocenters. The molecule has 0 aliphatic heterocycles. The summed E-state index contributed by atoms with van der Waals surface area (Å²) < 4.78 is 15.7. The SMILES string of the molecule is COc1cc(OC)cc(OC(=O)c2cc(C)cc(C)c2)c1. The summed E-state index contributed by atoms with van der Waals surface area (Å²) in [6.45, 7) is 3.89. The number of aryl methyl sites for hydroxylation is 2. The molecule has 0 aliphatic carbocycles. The van der Waals surface area contributed by atoms with Gasteiger partial charge in [0.15, 0.2) is 0 Å². The minimum atomic E-state index is -0.405. The first-order valence-electron chi connectivity index (χ1n) is 6.55. The molecule has 0 fully saturated rings. The normalized spacial score (nSPS) is 10.1. The van der Waals surface area contributed by atoms with Crippen molar-refractivity contribution in [3.05, 3.63) is 53.1 Å². The summed E-state index contributed by atoms with van der Waals surface area (Å²) in [6.07, 6.45) is 0. The zero-order valence-corrected chi connectivity index (χ0v) is 12.6. The van der Waals surface area contributed by atoms with Crippen molar-refractivity contribution in [1.29, 1.82) is 0 Å². The molecule has 4 nitrogen and oxygen atoms in total. The fourth-order valence-corrected chi connectivity index (χ4v) is 2.10. The summed E-state index contributed by atoms with van der Waals surface area (Å²) in [7, 11) is 3.09. The van der Waals surface area contributed by atoms with E-state index in [1.165, 1.54) is 0 Å². The molecular formula is C17H18O4. The van der Waals surface area contributed by atoms with E-state index in [0.717, 1.165) is 11.1 Å². The summed E-state index contributed by atoms with van der Waals surface area (Å²) in [5.41, 5.74) is 2.56. The van der Waals surface area contributed by atoms with E-state index in [4.69, 9.17) is 14.2 Å². The average molecular weight is 286 g/mol. The third-order valence-electron chi connectivity index (χ3n) is 2.99. The van der Waals surface area contributed by atoms with Crippen LogP contribution in [0, 0.1) is 13.8 Å². The minimum absolute atomic E-state index is 0.385. The molecule has 0 radical (unpaired) electrons. The molecular weight excluding hydrogens is 268 g/mol. The number of carbonyl (C=O) groups is 1. The number of methoxy groups -OCH3 is 2. The third-order valence-corrected chi connectivity index (χ3v) is 2.99. The van der Waals surface area contributed by atoms with Gasteiger partial charge in [0, 0.05) is 18.2 Å². The second-order valence-electron chi connectivity index (χ2n) is 4.81. The molecule has 0 atom stereocenters. The van der Waals surface area contributed by atoms with Crippen LogP contribution in [0.15, 0.2) is 36.4 Å². The van der Waals surface area contributed by atoms with Gasteiger partial charge in [-0.2, -0.15) is 0 Å². The molecule has 110 valence electrons. The molecule has 0 amide bonds. The molecule has 2 rings (SSSR count). The van der Waals surface area contributed by atoms with Gasteiger partial charge < -0.3 is 14.2 Å². The van der Waals surface area contributed by atoms with Crippen LogP contribution >= 0.6 is 0 Å². The highest BCUT2D eigenvalue weighted by Gasteiger charge is 2.11. The maximum atomic E-state index is 12.2. The largest absolute Gasteiger partial charge is 0.496 e. The lowest BCUT2D eigenvalue weighted by Gasteiger charge is -2.09. The Morgan fingerprint density at radius 2 is 1.24 bits per heavy atom. The smallest absolute Gasteiger partial charge is 0.343 e. The minimum Gasteiger partial charge on any atom is -0.496 e. The molecule has 0 saturated carbocycles. The predicted octanol–water partition coefficient (Wildman–Crippen LogP) is 3.54. The van der Waals surface area contributed by atoms with Gasteiger partial charge in [-0.3, -0.25) is 0 Å². The zero-order valence-electron chi connectivity index (χ0n) is 12.6. The maximum absolute atomic E-state index is 12.2. The fraction of sp³-hybridized carbons (Fsp3) is 0.235. The lowest BCUT2D eigenvalue weighted by molar-refractivity contribution is 0.0734. The molecule has 0 aromatic heterocycles. The average Bonchev–Trinajstić information content (AvgIpc) is 2.45. The van der Waals surface area contributed by atoms with Gasteiger partial charge in [-0.05, 0) is 26.0 Å². The number of hydrogen-bond acceptors (Lipinski definition) is 4. The first-order valence-corrected chi connectivity index (χ1v) is 6.55. The number of benzene rings is 2. The summed E-state index contributed by atoms with van der Waals surface area (Å²) in [5.74, 6) is 1.11. The van der Waals surface area contributed by atoms with Crippen molar-refractivity contribution in [1.82, 2.24) is 0 Å². The van der Waals surface area contributed by atoms with Crippen molar-refractivity contribution in [3.8, 4) is 17.2 Å². The summed E-state index contributed by atoms with van der Waals surface area (Å²) in [4.78, 5) is 12.2. The monoisotopic (exact) mass is 286 g/mol. The van der Waals surface area contributed by atoms with Crippen LogP contribution in [-0.4, -0.2) is 20.2 Å². The van der Waals surface area contributed by atoms with Crippen molar-refractivity contribution in [2.75, 3.05) is 14.2 Å². The number of hydrogen-bond donors (Lipinski definition) is 0. The standard InChI is InChI=1S/C17H18O4/c1-11-5-12(2)7-13(6-11)17(18)21-16-9-14(19-3)8-15(10-16)20-4/h5-10H,1-4H3. The Hall–Kier alpha value is -2.49. The lowest BCUT2D eigenvalue weighted by Crippen LogP contribution is -2.09. The molecule has 0 aliphatic rings. The molecule has 0 N–H and O–H groups in total. The molecule has 0 spiro atoms. The molecule has 2 aromatic rings. The van der Waals surface area contributed by atoms with Crippen LogP contribution in [-0.2, 0) is 0 Å². The highest BCUT2D eigenvalue weighted by Crippen LogP contribution is 2.28. The van der Waals surface area contributed by atoms with E-state index < -0.39 is 5.97 Å². The number of esters is 1. The Balaban J connectivity index is 2.26. The number of carbonyl (C=O) groups excluding carboxylic acids is 1. The first kappa shape index (κ1) is 14.9. The Morgan fingerprint density at radius 3 is 1.71 bits per heavy atom. The van der Waals surface area contributed by atoms with Gasteiger partial charge in [0.1, 0.15) is 17.2 Å². The molecule has 0 heterocycles. The Bertz CT molecular complexity index is 619. The van der Waals surface area contributed by atoms with Crippen LogP contribution in [0.1, 0.15) is 21.5 Å². The number of rotatable bonds is 4. The molecule has 0 bridgehead atoms. The van der Waals surface area contributed by atoms with E-state index in [1.807, 2.05) is 19.9 Å². The zero-order chi connectivity index (χ0) is 15.4. The topological polar surface area (TPSA) is 44.8 Å². The van der Waals surface area contributed by atoms with Crippen LogP contribution in [0.25, 0.3) is 0 Å². The van der Waals surface area contributed by atoms with Gasteiger partial charge in [-0.15, -0.1) is 0 Å². The van der Waals surface area contributed by atoms with E-state index in [-0.39, 0.29) is 0 Å². The van der Waals surface area contributed by atoms with Gasteiger partial charge in [0.25, 0.3) is 0 Å². The molecule has 2 aromatic carbocycles. The number of ether oxygens (including phenoxy) is 3. The Morgan fingerprint density at radius 1 is 0.762 bits per heavy atom. The van der Waals surface area contributed by atoms with Gasteiger partial charge in [-0.1, -0.05) is 17.2 Å². The van der Waals surface area contributed by atoms with Crippen molar-refractivity contribution in [3.63, 3.8) is 0 Å². The quantitative estimate of drug-likeness (QED) is 0.637. The van der Waals surface area contributed by atoms with Gasteiger partial charge in [0.05, 0.1) is 19.8 Å². The van der Waals surface area contributed by atoms with Gasteiger partial charge >= 0.3 is 5.97 Å². The van der Waals surface area contributed by atoms with Gasteiger partial charge in [-0.25, -0.2) is 4.79 Å². The molecule has 21 heavy (non-hydrogen) atoms. The summed E-state index contributed by atoms with van der Waals surface area (Å²) in [5, 5.41) is 0. The van der Waals surface area contributed by atoms with E-state index in [9.17, 15) is 4.79 Å². The van der Waals surface area contributed by atoms with Crippen LogP contribution in [0.2, 0.25) is 0 Å².